The van der Waals surface area contributed by atoms with Crippen molar-refractivity contribution in [2.45, 2.75) is 19.4 Å². The van der Waals surface area contributed by atoms with Crippen molar-refractivity contribution in [3.8, 4) is 0 Å². The molecule has 1 aliphatic rings. The molecule has 4 heteroatoms. The van der Waals surface area contributed by atoms with Crippen LogP contribution in [-0.2, 0) is 9.53 Å². The molecule has 86 valence electrons. The van der Waals surface area contributed by atoms with Crippen LogP contribution < -0.4 is 0 Å². The molecule has 1 aliphatic heterocycles. The summed E-state index contributed by atoms with van der Waals surface area (Å²) in [6.45, 7) is 2.62. The highest BCUT2D eigenvalue weighted by molar-refractivity contribution is 7.99. The molecular formula is C11H19NO2S. The second-order valence-corrected chi connectivity index (χ2v) is 4.99. The van der Waals surface area contributed by atoms with Gasteiger partial charge in [-0.2, -0.15) is 11.8 Å². The van der Waals surface area contributed by atoms with Crippen molar-refractivity contribution in [2.75, 3.05) is 32.2 Å². The molecule has 1 rings (SSSR count). The van der Waals surface area contributed by atoms with E-state index in [1.165, 1.54) is 25.0 Å². The van der Waals surface area contributed by atoms with Crippen molar-refractivity contribution in [2.24, 2.45) is 0 Å². The Bertz CT molecular complexity index is 247. The van der Waals surface area contributed by atoms with Crippen LogP contribution in [0.2, 0.25) is 0 Å². The summed E-state index contributed by atoms with van der Waals surface area (Å²) in [5.74, 6) is 2.24. The van der Waals surface area contributed by atoms with E-state index >= 15 is 0 Å². The number of carbonyl (C=O) groups is 1. The number of rotatable bonds is 4. The molecule has 15 heavy (non-hydrogen) atoms. The van der Waals surface area contributed by atoms with Gasteiger partial charge in [0.2, 0.25) is 0 Å². The first-order chi connectivity index (χ1) is 7.15. The highest BCUT2D eigenvalue weighted by atomic mass is 32.2. The topological polar surface area (TPSA) is 29.5 Å². The van der Waals surface area contributed by atoms with Gasteiger partial charge in [-0.25, -0.2) is 4.79 Å². The van der Waals surface area contributed by atoms with Gasteiger partial charge in [-0.15, -0.1) is 0 Å². The van der Waals surface area contributed by atoms with Crippen LogP contribution in [0.1, 0.15) is 13.3 Å². The first-order valence-corrected chi connectivity index (χ1v) is 6.33. The number of hydrogen-bond acceptors (Lipinski definition) is 4. The summed E-state index contributed by atoms with van der Waals surface area (Å²) in [4.78, 5) is 13.4. The number of carbonyl (C=O) groups excluding carboxylic acids is 1. The van der Waals surface area contributed by atoms with Gasteiger partial charge >= 0.3 is 5.97 Å². The zero-order chi connectivity index (χ0) is 11.3. The summed E-state index contributed by atoms with van der Waals surface area (Å²) in [7, 11) is 3.52. The minimum Gasteiger partial charge on any atom is -0.466 e. The van der Waals surface area contributed by atoms with Crippen LogP contribution in [0.25, 0.3) is 0 Å². The first-order valence-electron chi connectivity index (χ1n) is 5.18. The smallest absolute Gasteiger partial charge is 0.333 e. The van der Waals surface area contributed by atoms with E-state index in [0.717, 1.165) is 6.54 Å². The van der Waals surface area contributed by atoms with Crippen LogP contribution in [0.15, 0.2) is 11.6 Å². The number of likely N-dealkylation sites (N-methyl/N-ethyl adjacent to an activating group) is 1. The van der Waals surface area contributed by atoms with Crippen LogP contribution >= 0.6 is 11.8 Å². The third kappa shape index (κ3) is 3.87. The Balaban J connectivity index is 2.37. The van der Waals surface area contributed by atoms with Crippen LogP contribution in [-0.4, -0.2) is 49.1 Å². The fraction of sp³-hybridized carbons (Fsp3) is 0.727. The van der Waals surface area contributed by atoms with Crippen molar-refractivity contribution >= 4 is 17.7 Å². The Hall–Kier alpha value is -0.480. The predicted octanol–water partition coefficient (Wildman–Crippen LogP) is 1.54. The lowest BCUT2D eigenvalue weighted by atomic mass is 10.2. The van der Waals surface area contributed by atoms with Crippen molar-refractivity contribution in [3.05, 3.63) is 11.6 Å². The third-order valence-electron chi connectivity index (χ3n) is 2.72. The molecule has 1 atom stereocenters. The average molecular weight is 229 g/mol. The van der Waals surface area contributed by atoms with E-state index < -0.39 is 0 Å². The molecule has 0 aromatic rings. The van der Waals surface area contributed by atoms with Gasteiger partial charge in [0.25, 0.3) is 0 Å². The van der Waals surface area contributed by atoms with Crippen molar-refractivity contribution in [3.63, 3.8) is 0 Å². The fourth-order valence-corrected chi connectivity index (χ4v) is 2.84. The van der Waals surface area contributed by atoms with E-state index in [2.05, 4.69) is 16.7 Å². The normalized spacial score (nSPS) is 22.1. The summed E-state index contributed by atoms with van der Waals surface area (Å²) >= 11 is 2.00. The van der Waals surface area contributed by atoms with Gasteiger partial charge < -0.3 is 4.74 Å². The van der Waals surface area contributed by atoms with Crippen molar-refractivity contribution < 1.29 is 9.53 Å². The summed E-state index contributed by atoms with van der Waals surface area (Å²) in [6, 6.07) is 0.664. The number of hydrogen-bond donors (Lipinski definition) is 0. The molecule has 0 saturated carbocycles. The van der Waals surface area contributed by atoms with Gasteiger partial charge in [0, 0.05) is 23.9 Å². The number of methoxy groups -OCH3 is 1. The summed E-state index contributed by atoms with van der Waals surface area (Å²) in [5.41, 5.74) is 0.690. The maximum Gasteiger partial charge on any atom is 0.333 e. The van der Waals surface area contributed by atoms with E-state index in [-0.39, 0.29) is 5.97 Å². The Morgan fingerprint density at radius 1 is 1.67 bits per heavy atom. The molecule has 3 nitrogen and oxygen atoms in total. The Labute approximate surface area is 95.9 Å². The number of nitrogens with zero attached hydrogens (tertiary/aromatic N) is 1. The molecule has 0 aromatic carbocycles. The molecule has 0 aromatic heterocycles. The SMILES string of the molecule is COC(=O)C(C)=CCN(C)C1CCSC1. The maximum atomic E-state index is 11.1. The summed E-state index contributed by atoms with van der Waals surface area (Å²) in [5, 5.41) is 0. The molecular weight excluding hydrogens is 210 g/mol. The molecule has 0 radical (unpaired) electrons. The number of thioether (sulfide) groups is 1. The first kappa shape index (κ1) is 12.6. The van der Waals surface area contributed by atoms with Crippen molar-refractivity contribution in [1.29, 1.82) is 0 Å². The van der Waals surface area contributed by atoms with E-state index in [9.17, 15) is 4.79 Å². The fourth-order valence-electron chi connectivity index (χ4n) is 1.54. The minimum atomic E-state index is -0.232. The third-order valence-corrected chi connectivity index (χ3v) is 3.87. The van der Waals surface area contributed by atoms with Crippen LogP contribution in [0.3, 0.4) is 0 Å². The molecule has 0 amide bonds. The standard InChI is InChI=1S/C11H19NO2S/c1-9(11(13)14-3)4-6-12(2)10-5-7-15-8-10/h4,10H,5-8H2,1-3H3. The monoisotopic (exact) mass is 229 g/mol. The van der Waals surface area contributed by atoms with E-state index in [0.29, 0.717) is 11.6 Å². The second kappa shape index (κ2) is 6.18. The average Bonchev–Trinajstić information content (AvgIpc) is 2.77. The lowest BCUT2D eigenvalue weighted by Gasteiger charge is -2.21. The minimum absolute atomic E-state index is 0.232. The highest BCUT2D eigenvalue weighted by Crippen LogP contribution is 2.21. The van der Waals surface area contributed by atoms with Gasteiger partial charge in [0.15, 0.2) is 0 Å². The molecule has 0 aliphatic carbocycles. The number of ether oxygens (including phenoxy) is 1. The van der Waals surface area contributed by atoms with Gasteiger partial charge in [-0.3, -0.25) is 4.90 Å². The van der Waals surface area contributed by atoms with Crippen LogP contribution in [0, 0.1) is 0 Å². The van der Waals surface area contributed by atoms with E-state index in [4.69, 9.17) is 0 Å². The summed E-state index contributed by atoms with van der Waals surface area (Å²) < 4.78 is 4.64. The van der Waals surface area contributed by atoms with Crippen molar-refractivity contribution in [1.82, 2.24) is 4.90 Å². The van der Waals surface area contributed by atoms with Crippen LogP contribution in [0.4, 0.5) is 0 Å². The maximum absolute atomic E-state index is 11.1. The van der Waals surface area contributed by atoms with Gasteiger partial charge in [0.1, 0.15) is 0 Å². The zero-order valence-electron chi connectivity index (χ0n) is 9.66. The molecule has 1 unspecified atom stereocenters. The Morgan fingerprint density at radius 2 is 2.40 bits per heavy atom. The number of esters is 1. The zero-order valence-corrected chi connectivity index (χ0v) is 10.5. The lowest BCUT2D eigenvalue weighted by Crippen LogP contribution is -2.31. The highest BCUT2D eigenvalue weighted by Gasteiger charge is 2.19. The Kier molecular flexibility index (Phi) is 5.19. The quantitative estimate of drug-likeness (QED) is 0.540. The molecule has 0 N–H and O–H groups in total. The molecule has 0 spiro atoms. The summed E-state index contributed by atoms with van der Waals surface area (Å²) in [6.07, 6.45) is 3.20. The van der Waals surface area contributed by atoms with Gasteiger partial charge in [0.05, 0.1) is 7.11 Å². The largest absolute Gasteiger partial charge is 0.466 e. The predicted molar refractivity (Wildman–Crippen MR) is 64.1 cm³/mol. The van der Waals surface area contributed by atoms with E-state index in [1.54, 1.807) is 6.92 Å². The van der Waals surface area contributed by atoms with Crippen LogP contribution in [0.5, 0.6) is 0 Å². The molecule has 1 saturated heterocycles. The van der Waals surface area contributed by atoms with E-state index in [1.807, 2.05) is 17.8 Å². The molecule has 0 bridgehead atoms. The van der Waals surface area contributed by atoms with Gasteiger partial charge in [-0.1, -0.05) is 6.08 Å². The molecule has 1 heterocycles. The Morgan fingerprint density at radius 3 is 2.93 bits per heavy atom. The molecule has 1 fully saturated rings. The second-order valence-electron chi connectivity index (χ2n) is 3.84. The van der Waals surface area contributed by atoms with Gasteiger partial charge in [-0.05, 0) is 26.1 Å². The lowest BCUT2D eigenvalue weighted by molar-refractivity contribution is -0.136.